The maximum absolute atomic E-state index is 10.7. The summed E-state index contributed by atoms with van der Waals surface area (Å²) in [6, 6.07) is -0.160. The predicted octanol–water partition coefficient (Wildman–Crippen LogP) is 1.14. The molecule has 3 nitrogen and oxygen atoms in total. The standard InChI is InChI=1S/C6H12N2OS/c1-4-5(2)7-6(9)8-10-3/h4-5H,1H2,2-3H3,(H2,7,8,9). The highest BCUT2D eigenvalue weighted by Gasteiger charge is 1.99. The van der Waals surface area contributed by atoms with Crippen molar-refractivity contribution in [1.82, 2.24) is 10.0 Å². The summed E-state index contributed by atoms with van der Waals surface area (Å²) in [4.78, 5) is 10.7. The van der Waals surface area contributed by atoms with Gasteiger partial charge < -0.3 is 5.32 Å². The fourth-order valence-corrected chi connectivity index (χ4v) is 0.632. The van der Waals surface area contributed by atoms with E-state index in [4.69, 9.17) is 0 Å². The smallest absolute Gasteiger partial charge is 0.325 e. The Balaban J connectivity index is 3.46. The van der Waals surface area contributed by atoms with Crippen LogP contribution in [0.5, 0.6) is 0 Å². The molecule has 0 aliphatic carbocycles. The van der Waals surface area contributed by atoms with E-state index in [1.807, 2.05) is 6.92 Å². The van der Waals surface area contributed by atoms with Crippen LogP contribution in [0.3, 0.4) is 0 Å². The van der Waals surface area contributed by atoms with Crippen molar-refractivity contribution in [3.05, 3.63) is 12.7 Å². The van der Waals surface area contributed by atoms with Crippen molar-refractivity contribution in [3.63, 3.8) is 0 Å². The van der Waals surface area contributed by atoms with Gasteiger partial charge in [-0.1, -0.05) is 18.0 Å². The molecule has 1 unspecified atom stereocenters. The minimum atomic E-state index is -0.181. The first kappa shape index (κ1) is 9.36. The van der Waals surface area contributed by atoms with Gasteiger partial charge >= 0.3 is 6.03 Å². The Bertz CT molecular complexity index is 127. The second kappa shape index (κ2) is 5.17. The topological polar surface area (TPSA) is 41.1 Å². The van der Waals surface area contributed by atoms with Crippen molar-refractivity contribution in [1.29, 1.82) is 0 Å². The average molecular weight is 160 g/mol. The van der Waals surface area contributed by atoms with Crippen LogP contribution >= 0.6 is 11.9 Å². The van der Waals surface area contributed by atoms with E-state index in [1.165, 1.54) is 11.9 Å². The monoisotopic (exact) mass is 160 g/mol. The van der Waals surface area contributed by atoms with Crippen LogP contribution in [0, 0.1) is 0 Å². The lowest BCUT2D eigenvalue weighted by atomic mass is 10.3. The lowest BCUT2D eigenvalue weighted by molar-refractivity contribution is 0.245. The fraction of sp³-hybridized carbons (Fsp3) is 0.500. The van der Waals surface area contributed by atoms with Gasteiger partial charge in [0.05, 0.1) is 0 Å². The van der Waals surface area contributed by atoms with Crippen LogP contribution in [0.2, 0.25) is 0 Å². The highest BCUT2D eigenvalue weighted by molar-refractivity contribution is 7.97. The SMILES string of the molecule is C=CC(C)NC(=O)NSC. The lowest BCUT2D eigenvalue weighted by Crippen LogP contribution is -2.36. The minimum absolute atomic E-state index is 0.0205. The second-order valence-electron chi connectivity index (χ2n) is 1.80. The van der Waals surface area contributed by atoms with E-state index < -0.39 is 0 Å². The zero-order chi connectivity index (χ0) is 7.98. The van der Waals surface area contributed by atoms with Gasteiger partial charge in [0.1, 0.15) is 0 Å². The normalized spacial score (nSPS) is 11.8. The molecule has 2 amide bonds. The molecule has 58 valence electrons. The molecule has 0 aromatic heterocycles. The number of carbonyl (C=O) groups is 1. The number of amides is 2. The Kier molecular flexibility index (Phi) is 4.84. The van der Waals surface area contributed by atoms with Gasteiger partial charge in [-0.25, -0.2) is 4.79 Å². The summed E-state index contributed by atoms with van der Waals surface area (Å²) in [7, 11) is 0. The first-order valence-corrected chi connectivity index (χ1v) is 4.15. The molecule has 10 heavy (non-hydrogen) atoms. The quantitative estimate of drug-likeness (QED) is 0.480. The summed E-state index contributed by atoms with van der Waals surface area (Å²) in [5.41, 5.74) is 0. The molecule has 0 aliphatic heterocycles. The largest absolute Gasteiger partial charge is 0.332 e. The van der Waals surface area contributed by atoms with E-state index in [9.17, 15) is 4.79 Å². The summed E-state index contributed by atoms with van der Waals surface area (Å²) >= 11 is 1.27. The lowest BCUT2D eigenvalue weighted by Gasteiger charge is -2.07. The zero-order valence-electron chi connectivity index (χ0n) is 6.18. The number of carbonyl (C=O) groups excluding carboxylic acids is 1. The first-order valence-electron chi connectivity index (χ1n) is 2.92. The number of urea groups is 1. The van der Waals surface area contributed by atoms with Gasteiger partial charge in [0, 0.05) is 12.3 Å². The van der Waals surface area contributed by atoms with E-state index in [0.717, 1.165) is 0 Å². The highest BCUT2D eigenvalue weighted by Crippen LogP contribution is 1.84. The molecule has 0 saturated carbocycles. The summed E-state index contributed by atoms with van der Waals surface area (Å²) in [6.07, 6.45) is 3.46. The van der Waals surface area contributed by atoms with E-state index in [1.54, 1.807) is 12.3 Å². The first-order chi connectivity index (χ1) is 4.70. The molecule has 0 spiro atoms. The molecule has 0 radical (unpaired) electrons. The Morgan fingerprint density at radius 3 is 2.80 bits per heavy atom. The Morgan fingerprint density at radius 1 is 1.80 bits per heavy atom. The van der Waals surface area contributed by atoms with Crippen molar-refractivity contribution in [3.8, 4) is 0 Å². The Hall–Kier alpha value is -0.640. The van der Waals surface area contributed by atoms with Gasteiger partial charge in [0.15, 0.2) is 0 Å². The van der Waals surface area contributed by atoms with Gasteiger partial charge in [-0.05, 0) is 6.92 Å². The number of nitrogens with one attached hydrogen (secondary N) is 2. The molecule has 0 aromatic carbocycles. The van der Waals surface area contributed by atoms with Crippen molar-refractivity contribution in [2.75, 3.05) is 6.26 Å². The average Bonchev–Trinajstić information content (AvgIpc) is 1.88. The third-order valence-corrected chi connectivity index (χ3v) is 1.30. The maximum Gasteiger partial charge on any atom is 0.325 e. The third-order valence-electron chi connectivity index (χ3n) is 0.907. The summed E-state index contributed by atoms with van der Waals surface area (Å²) in [5.74, 6) is 0. The molecule has 0 rings (SSSR count). The van der Waals surface area contributed by atoms with Gasteiger partial charge in [0.25, 0.3) is 0 Å². The van der Waals surface area contributed by atoms with Crippen LogP contribution in [0.1, 0.15) is 6.92 Å². The Morgan fingerprint density at radius 2 is 2.40 bits per heavy atom. The molecule has 1 atom stereocenters. The van der Waals surface area contributed by atoms with Gasteiger partial charge in [-0.3, -0.25) is 4.72 Å². The van der Waals surface area contributed by atoms with E-state index in [-0.39, 0.29) is 12.1 Å². The van der Waals surface area contributed by atoms with Crippen LogP contribution in [0.4, 0.5) is 4.79 Å². The Labute approximate surface area is 65.4 Å². The number of hydrogen-bond acceptors (Lipinski definition) is 2. The molecule has 0 aromatic rings. The fourth-order valence-electron chi connectivity index (χ4n) is 0.388. The highest BCUT2D eigenvalue weighted by atomic mass is 32.2. The summed E-state index contributed by atoms with van der Waals surface area (Å²) < 4.78 is 2.53. The third kappa shape index (κ3) is 4.26. The van der Waals surface area contributed by atoms with Gasteiger partial charge in [-0.15, -0.1) is 6.58 Å². The van der Waals surface area contributed by atoms with Crippen LogP contribution in [-0.2, 0) is 0 Å². The van der Waals surface area contributed by atoms with Gasteiger partial charge in [-0.2, -0.15) is 0 Å². The molecule has 4 heteroatoms. The van der Waals surface area contributed by atoms with Crippen LogP contribution in [0.25, 0.3) is 0 Å². The molecule has 0 saturated heterocycles. The second-order valence-corrected chi connectivity index (χ2v) is 2.42. The molecule has 0 heterocycles. The summed E-state index contributed by atoms with van der Waals surface area (Å²) in [5, 5.41) is 2.64. The number of hydrogen-bond donors (Lipinski definition) is 2. The van der Waals surface area contributed by atoms with Gasteiger partial charge in [0.2, 0.25) is 0 Å². The van der Waals surface area contributed by atoms with Crippen LogP contribution < -0.4 is 10.0 Å². The molecule has 0 aliphatic rings. The molecule has 2 N–H and O–H groups in total. The van der Waals surface area contributed by atoms with Crippen LogP contribution in [0.15, 0.2) is 12.7 Å². The number of rotatable bonds is 3. The molecular formula is C6H12N2OS. The van der Waals surface area contributed by atoms with E-state index >= 15 is 0 Å². The van der Waals surface area contributed by atoms with E-state index in [0.29, 0.717) is 0 Å². The molecular weight excluding hydrogens is 148 g/mol. The molecule has 0 fully saturated rings. The zero-order valence-corrected chi connectivity index (χ0v) is 6.99. The van der Waals surface area contributed by atoms with Crippen molar-refractivity contribution in [2.24, 2.45) is 0 Å². The maximum atomic E-state index is 10.7. The van der Waals surface area contributed by atoms with Crippen LogP contribution in [-0.4, -0.2) is 18.3 Å². The predicted molar refractivity (Wildman–Crippen MR) is 44.8 cm³/mol. The summed E-state index contributed by atoms with van der Waals surface area (Å²) in [6.45, 7) is 5.38. The van der Waals surface area contributed by atoms with E-state index in [2.05, 4.69) is 16.6 Å². The minimum Gasteiger partial charge on any atom is -0.332 e. The molecule has 0 bridgehead atoms. The van der Waals surface area contributed by atoms with Crippen molar-refractivity contribution >= 4 is 18.0 Å². The van der Waals surface area contributed by atoms with Crippen molar-refractivity contribution in [2.45, 2.75) is 13.0 Å². The van der Waals surface area contributed by atoms with Crippen molar-refractivity contribution < 1.29 is 4.79 Å².